The summed E-state index contributed by atoms with van der Waals surface area (Å²) in [4.78, 5) is 26.4. The Morgan fingerprint density at radius 2 is 2.12 bits per heavy atom. The first-order valence-electron chi connectivity index (χ1n) is 8.62. The Labute approximate surface area is 151 Å². The number of nitrogens with one attached hydrogen (secondary N) is 1. The first kappa shape index (κ1) is 16.4. The number of carbonyl (C=O) groups is 1. The second kappa shape index (κ2) is 6.67. The molecule has 1 N–H and O–H groups in total. The lowest BCUT2D eigenvalue weighted by Crippen LogP contribution is -2.36. The van der Waals surface area contributed by atoms with E-state index in [4.69, 9.17) is 14.5 Å². The number of ether oxygens (including phenoxy) is 2. The number of aromatic nitrogens is 3. The summed E-state index contributed by atoms with van der Waals surface area (Å²) in [6.45, 7) is 3.32. The minimum atomic E-state index is -0.281. The summed E-state index contributed by atoms with van der Waals surface area (Å²) in [5.41, 5.74) is 4.81. The third-order valence-corrected chi connectivity index (χ3v) is 4.58. The third kappa shape index (κ3) is 2.85. The van der Waals surface area contributed by atoms with Gasteiger partial charge in [0.2, 0.25) is 0 Å². The third-order valence-electron chi connectivity index (χ3n) is 4.58. The van der Waals surface area contributed by atoms with Crippen molar-refractivity contribution in [2.45, 2.75) is 19.9 Å². The quantitative estimate of drug-likeness (QED) is 0.783. The molecule has 1 aromatic carbocycles. The van der Waals surface area contributed by atoms with E-state index in [1.807, 2.05) is 31.2 Å². The number of amides is 1. The van der Waals surface area contributed by atoms with Gasteiger partial charge in [-0.2, -0.15) is 0 Å². The highest BCUT2D eigenvalue weighted by Gasteiger charge is 2.25. The van der Waals surface area contributed by atoms with E-state index in [2.05, 4.69) is 9.97 Å². The predicted octanol–water partition coefficient (Wildman–Crippen LogP) is 3.15. The smallest absolute Gasteiger partial charge is 0.410 e. The van der Waals surface area contributed by atoms with Crippen molar-refractivity contribution in [1.29, 1.82) is 0 Å². The number of hydrogen-bond donors (Lipinski definition) is 1. The molecule has 0 saturated heterocycles. The van der Waals surface area contributed by atoms with Crippen LogP contribution >= 0.6 is 0 Å². The molecule has 0 unspecified atom stereocenters. The maximum absolute atomic E-state index is 12.1. The molecule has 0 bridgehead atoms. The normalized spacial score (nSPS) is 13.5. The standard InChI is InChI=1S/C19H20N4O3/c1-3-26-19(24)23-9-8-15-14(11-23)17-16(21-15)10-20-18(22-17)12-4-6-13(25-2)7-5-12/h4-7,10,21H,3,8-9,11H2,1-2H3. The summed E-state index contributed by atoms with van der Waals surface area (Å²) in [6, 6.07) is 7.64. The fourth-order valence-electron chi connectivity index (χ4n) is 3.23. The molecular formula is C19H20N4O3. The van der Waals surface area contributed by atoms with E-state index in [1.54, 1.807) is 18.2 Å². The van der Waals surface area contributed by atoms with Crippen molar-refractivity contribution in [2.24, 2.45) is 0 Å². The van der Waals surface area contributed by atoms with Crippen LogP contribution in [0.25, 0.3) is 22.4 Å². The summed E-state index contributed by atoms with van der Waals surface area (Å²) in [7, 11) is 1.64. The zero-order valence-corrected chi connectivity index (χ0v) is 14.8. The van der Waals surface area contributed by atoms with Crippen LogP contribution in [-0.2, 0) is 17.7 Å². The van der Waals surface area contributed by atoms with Crippen molar-refractivity contribution < 1.29 is 14.3 Å². The number of fused-ring (bicyclic) bond motifs is 3. The van der Waals surface area contributed by atoms with Crippen LogP contribution in [0.1, 0.15) is 18.2 Å². The Morgan fingerprint density at radius 1 is 1.31 bits per heavy atom. The molecule has 0 aliphatic carbocycles. The van der Waals surface area contributed by atoms with Gasteiger partial charge >= 0.3 is 6.09 Å². The van der Waals surface area contributed by atoms with Crippen LogP contribution in [0, 0.1) is 0 Å². The maximum atomic E-state index is 12.1. The van der Waals surface area contributed by atoms with Crippen LogP contribution in [0.2, 0.25) is 0 Å². The number of rotatable bonds is 3. The second-order valence-electron chi connectivity index (χ2n) is 6.14. The zero-order valence-electron chi connectivity index (χ0n) is 14.8. The van der Waals surface area contributed by atoms with Gasteiger partial charge in [0.15, 0.2) is 5.82 Å². The maximum Gasteiger partial charge on any atom is 0.410 e. The first-order chi connectivity index (χ1) is 12.7. The van der Waals surface area contributed by atoms with Crippen molar-refractivity contribution in [3.8, 4) is 17.1 Å². The average Bonchev–Trinajstić information content (AvgIpc) is 3.05. The minimum absolute atomic E-state index is 0.281. The average molecular weight is 352 g/mol. The fourth-order valence-corrected chi connectivity index (χ4v) is 3.23. The molecule has 134 valence electrons. The number of H-pyrrole nitrogens is 1. The van der Waals surface area contributed by atoms with Crippen LogP contribution in [0.4, 0.5) is 4.79 Å². The largest absolute Gasteiger partial charge is 0.497 e. The van der Waals surface area contributed by atoms with Gasteiger partial charge < -0.3 is 19.4 Å². The Balaban J connectivity index is 1.70. The van der Waals surface area contributed by atoms with E-state index in [-0.39, 0.29) is 6.09 Å². The number of aromatic amines is 1. The van der Waals surface area contributed by atoms with Gasteiger partial charge in [0.05, 0.1) is 37.5 Å². The summed E-state index contributed by atoms with van der Waals surface area (Å²) in [5.74, 6) is 1.44. The van der Waals surface area contributed by atoms with Gasteiger partial charge in [-0.05, 0) is 31.2 Å². The molecule has 0 atom stereocenters. The second-order valence-corrected chi connectivity index (χ2v) is 6.14. The molecule has 0 saturated carbocycles. The van der Waals surface area contributed by atoms with E-state index in [1.165, 1.54) is 0 Å². The monoisotopic (exact) mass is 352 g/mol. The molecule has 1 amide bonds. The fraction of sp³-hybridized carbons (Fsp3) is 0.316. The van der Waals surface area contributed by atoms with E-state index in [0.717, 1.165) is 40.0 Å². The van der Waals surface area contributed by atoms with Gasteiger partial charge in [0.25, 0.3) is 0 Å². The number of hydrogen-bond acceptors (Lipinski definition) is 5. The van der Waals surface area contributed by atoms with E-state index in [0.29, 0.717) is 25.5 Å². The van der Waals surface area contributed by atoms with Crippen LogP contribution in [-0.4, -0.2) is 46.2 Å². The Bertz CT molecular complexity index is 949. The van der Waals surface area contributed by atoms with E-state index in [9.17, 15) is 4.79 Å². The van der Waals surface area contributed by atoms with Crippen LogP contribution in [0.5, 0.6) is 5.75 Å². The van der Waals surface area contributed by atoms with Crippen LogP contribution < -0.4 is 4.74 Å². The summed E-state index contributed by atoms with van der Waals surface area (Å²) in [6.07, 6.45) is 2.27. The van der Waals surface area contributed by atoms with Crippen molar-refractivity contribution in [3.05, 3.63) is 41.7 Å². The molecule has 0 radical (unpaired) electrons. The molecule has 7 heteroatoms. The van der Waals surface area contributed by atoms with Gasteiger partial charge in [-0.1, -0.05) is 0 Å². The van der Waals surface area contributed by atoms with Crippen molar-refractivity contribution in [3.63, 3.8) is 0 Å². The highest BCUT2D eigenvalue weighted by atomic mass is 16.6. The molecular weight excluding hydrogens is 332 g/mol. The summed E-state index contributed by atoms with van der Waals surface area (Å²) in [5, 5.41) is 0. The highest BCUT2D eigenvalue weighted by Crippen LogP contribution is 2.28. The van der Waals surface area contributed by atoms with Crippen molar-refractivity contribution >= 4 is 17.1 Å². The Hall–Kier alpha value is -3.09. The molecule has 0 spiro atoms. The van der Waals surface area contributed by atoms with Gasteiger partial charge in [-0.3, -0.25) is 0 Å². The molecule has 3 aromatic rings. The number of carbonyl (C=O) groups excluding carboxylic acids is 1. The first-order valence-corrected chi connectivity index (χ1v) is 8.62. The number of benzene rings is 1. The van der Waals surface area contributed by atoms with Gasteiger partial charge in [-0.25, -0.2) is 14.8 Å². The molecule has 1 aliphatic rings. The molecule has 0 fully saturated rings. The molecule has 4 rings (SSSR count). The highest BCUT2D eigenvalue weighted by molar-refractivity contribution is 5.82. The SMILES string of the molecule is CCOC(=O)N1CCc2[nH]c3cnc(-c4ccc(OC)cc4)nc3c2C1. The molecule has 1 aliphatic heterocycles. The lowest BCUT2D eigenvalue weighted by atomic mass is 10.1. The van der Waals surface area contributed by atoms with Crippen molar-refractivity contribution in [1.82, 2.24) is 19.9 Å². The van der Waals surface area contributed by atoms with Crippen molar-refractivity contribution in [2.75, 3.05) is 20.3 Å². The molecule has 26 heavy (non-hydrogen) atoms. The number of nitrogens with zero attached hydrogens (tertiary/aromatic N) is 3. The lowest BCUT2D eigenvalue weighted by molar-refractivity contribution is 0.103. The molecule has 7 nitrogen and oxygen atoms in total. The molecule has 2 aromatic heterocycles. The topological polar surface area (TPSA) is 80.3 Å². The van der Waals surface area contributed by atoms with Gasteiger partial charge in [0.1, 0.15) is 5.75 Å². The summed E-state index contributed by atoms with van der Waals surface area (Å²) >= 11 is 0. The summed E-state index contributed by atoms with van der Waals surface area (Å²) < 4.78 is 10.3. The zero-order chi connectivity index (χ0) is 18.1. The number of methoxy groups -OCH3 is 1. The minimum Gasteiger partial charge on any atom is -0.497 e. The molecule has 3 heterocycles. The Kier molecular flexibility index (Phi) is 4.20. The lowest BCUT2D eigenvalue weighted by Gasteiger charge is -2.26. The van der Waals surface area contributed by atoms with Crippen LogP contribution in [0.3, 0.4) is 0 Å². The van der Waals surface area contributed by atoms with E-state index >= 15 is 0 Å². The van der Waals surface area contributed by atoms with E-state index < -0.39 is 0 Å². The van der Waals surface area contributed by atoms with Gasteiger partial charge in [-0.15, -0.1) is 0 Å². The Morgan fingerprint density at radius 3 is 2.85 bits per heavy atom. The predicted molar refractivity (Wildman–Crippen MR) is 97.0 cm³/mol. The van der Waals surface area contributed by atoms with Crippen LogP contribution in [0.15, 0.2) is 30.5 Å². The van der Waals surface area contributed by atoms with Gasteiger partial charge in [0, 0.05) is 29.8 Å².